The van der Waals surface area contributed by atoms with Crippen molar-refractivity contribution in [2.24, 2.45) is 0 Å². The van der Waals surface area contributed by atoms with Gasteiger partial charge in [-0.2, -0.15) is 4.98 Å². The van der Waals surface area contributed by atoms with E-state index in [1.807, 2.05) is 30.3 Å². The van der Waals surface area contributed by atoms with Gasteiger partial charge in [0, 0.05) is 12.5 Å². The van der Waals surface area contributed by atoms with E-state index in [1.165, 1.54) is 0 Å². The second kappa shape index (κ2) is 5.95. The van der Waals surface area contributed by atoms with Crippen molar-refractivity contribution in [3.63, 3.8) is 0 Å². The molecule has 1 aliphatic heterocycles. The first-order valence-electron chi connectivity index (χ1n) is 7.35. The van der Waals surface area contributed by atoms with E-state index in [0.717, 1.165) is 37.4 Å². The van der Waals surface area contributed by atoms with Crippen LogP contribution in [0, 0.1) is 0 Å². The maximum absolute atomic E-state index is 5.56. The molecular formula is C16H21N3O2. The highest BCUT2D eigenvalue weighted by Crippen LogP contribution is 2.33. The van der Waals surface area contributed by atoms with Crippen LogP contribution in [0.1, 0.15) is 43.1 Å². The Morgan fingerprint density at radius 3 is 2.62 bits per heavy atom. The highest BCUT2D eigenvalue weighted by atomic mass is 16.5. The van der Waals surface area contributed by atoms with Gasteiger partial charge in [0.15, 0.2) is 0 Å². The quantitative estimate of drug-likeness (QED) is 0.936. The minimum atomic E-state index is -0.283. The summed E-state index contributed by atoms with van der Waals surface area (Å²) in [7, 11) is 1.67. The van der Waals surface area contributed by atoms with Crippen molar-refractivity contribution in [1.29, 1.82) is 0 Å². The number of nitrogens with one attached hydrogen (secondary N) is 1. The molecule has 2 heterocycles. The van der Waals surface area contributed by atoms with Crippen molar-refractivity contribution in [3.05, 3.63) is 47.6 Å². The van der Waals surface area contributed by atoms with Crippen LogP contribution in [0.5, 0.6) is 0 Å². The maximum atomic E-state index is 5.56. The maximum Gasteiger partial charge on any atom is 0.232 e. The monoisotopic (exact) mass is 287 g/mol. The van der Waals surface area contributed by atoms with Gasteiger partial charge >= 0.3 is 0 Å². The standard InChI is InChI=1S/C16H21N3O2/c1-16(8-10-17-11-9-16)15-18-14(19-21-15)13(20-2)12-6-4-3-5-7-12/h3-7,13,17H,8-11H2,1-2H3. The number of benzene rings is 1. The van der Waals surface area contributed by atoms with Crippen molar-refractivity contribution < 1.29 is 9.26 Å². The van der Waals surface area contributed by atoms with E-state index in [2.05, 4.69) is 22.4 Å². The van der Waals surface area contributed by atoms with Crippen LogP contribution in [0.3, 0.4) is 0 Å². The molecule has 0 saturated carbocycles. The molecule has 1 N–H and O–H groups in total. The van der Waals surface area contributed by atoms with Gasteiger partial charge in [-0.3, -0.25) is 0 Å². The fourth-order valence-corrected chi connectivity index (χ4v) is 2.80. The summed E-state index contributed by atoms with van der Waals surface area (Å²) in [6.45, 7) is 4.16. The molecule has 1 aliphatic rings. The third-order valence-electron chi connectivity index (χ3n) is 4.24. The first kappa shape index (κ1) is 14.2. The van der Waals surface area contributed by atoms with Gasteiger partial charge in [0.2, 0.25) is 11.7 Å². The van der Waals surface area contributed by atoms with Crippen LogP contribution in [0.25, 0.3) is 0 Å². The summed E-state index contributed by atoms with van der Waals surface area (Å²) in [5.74, 6) is 1.32. The Morgan fingerprint density at radius 1 is 1.24 bits per heavy atom. The summed E-state index contributed by atoms with van der Waals surface area (Å²) in [6, 6.07) is 9.97. The number of hydrogen-bond donors (Lipinski definition) is 1. The molecule has 1 aromatic carbocycles. The number of ether oxygens (including phenoxy) is 1. The fraction of sp³-hybridized carbons (Fsp3) is 0.500. The average Bonchev–Trinajstić information content (AvgIpc) is 3.00. The van der Waals surface area contributed by atoms with E-state index in [9.17, 15) is 0 Å². The normalized spacial score (nSPS) is 19.3. The Labute approximate surface area is 124 Å². The lowest BCUT2D eigenvalue weighted by atomic mass is 9.81. The van der Waals surface area contributed by atoms with Crippen LogP contribution in [0.15, 0.2) is 34.9 Å². The summed E-state index contributed by atoms with van der Waals surface area (Å²) >= 11 is 0. The highest BCUT2D eigenvalue weighted by Gasteiger charge is 2.35. The van der Waals surface area contributed by atoms with E-state index < -0.39 is 0 Å². The molecule has 1 fully saturated rings. The lowest BCUT2D eigenvalue weighted by Crippen LogP contribution is -2.37. The second-order valence-electron chi connectivity index (χ2n) is 5.79. The van der Waals surface area contributed by atoms with Gasteiger partial charge in [-0.25, -0.2) is 0 Å². The number of aromatic nitrogens is 2. The zero-order valence-corrected chi connectivity index (χ0v) is 12.5. The van der Waals surface area contributed by atoms with Crippen molar-refractivity contribution in [1.82, 2.24) is 15.5 Å². The summed E-state index contributed by atoms with van der Waals surface area (Å²) in [6.07, 6.45) is 1.74. The summed E-state index contributed by atoms with van der Waals surface area (Å²) in [5, 5.41) is 7.51. The van der Waals surface area contributed by atoms with Crippen LogP contribution in [0.4, 0.5) is 0 Å². The molecule has 21 heavy (non-hydrogen) atoms. The van der Waals surface area contributed by atoms with Gasteiger partial charge in [-0.1, -0.05) is 42.4 Å². The zero-order valence-electron chi connectivity index (χ0n) is 12.5. The molecule has 5 nitrogen and oxygen atoms in total. The number of piperidine rings is 1. The molecular weight excluding hydrogens is 266 g/mol. The number of hydrogen-bond acceptors (Lipinski definition) is 5. The van der Waals surface area contributed by atoms with Gasteiger partial charge in [-0.05, 0) is 31.5 Å². The molecule has 1 aromatic heterocycles. The molecule has 0 radical (unpaired) electrons. The predicted molar refractivity (Wildman–Crippen MR) is 79.0 cm³/mol. The minimum absolute atomic E-state index is 0.0362. The van der Waals surface area contributed by atoms with E-state index in [-0.39, 0.29) is 11.5 Å². The third-order valence-corrected chi connectivity index (χ3v) is 4.24. The SMILES string of the molecule is COC(c1ccccc1)c1noc(C2(C)CCNCC2)n1. The number of nitrogens with zero attached hydrogens (tertiary/aromatic N) is 2. The van der Waals surface area contributed by atoms with Gasteiger partial charge in [-0.15, -0.1) is 0 Å². The fourth-order valence-electron chi connectivity index (χ4n) is 2.80. The Morgan fingerprint density at radius 2 is 1.95 bits per heavy atom. The lowest BCUT2D eigenvalue weighted by Gasteiger charge is -2.30. The van der Waals surface area contributed by atoms with Crippen LogP contribution >= 0.6 is 0 Å². The predicted octanol–water partition coefficient (Wildman–Crippen LogP) is 2.45. The third kappa shape index (κ3) is 2.84. The van der Waals surface area contributed by atoms with Gasteiger partial charge in [0.05, 0.1) is 0 Å². The van der Waals surface area contributed by atoms with Crippen molar-refractivity contribution in [3.8, 4) is 0 Å². The molecule has 2 aromatic rings. The summed E-state index contributed by atoms with van der Waals surface area (Å²) in [5.41, 5.74) is 0.994. The van der Waals surface area contributed by atoms with E-state index in [4.69, 9.17) is 9.26 Å². The van der Waals surface area contributed by atoms with Gasteiger partial charge in [0.25, 0.3) is 0 Å². The van der Waals surface area contributed by atoms with Crippen molar-refractivity contribution >= 4 is 0 Å². The van der Waals surface area contributed by atoms with Gasteiger partial charge < -0.3 is 14.6 Å². The summed E-state index contributed by atoms with van der Waals surface area (Å²) < 4.78 is 11.1. The van der Waals surface area contributed by atoms with Crippen LogP contribution in [-0.4, -0.2) is 30.3 Å². The lowest BCUT2D eigenvalue weighted by molar-refractivity contribution is 0.126. The minimum Gasteiger partial charge on any atom is -0.369 e. The molecule has 1 unspecified atom stereocenters. The van der Waals surface area contributed by atoms with Crippen LogP contribution < -0.4 is 5.32 Å². The van der Waals surface area contributed by atoms with E-state index in [0.29, 0.717) is 5.82 Å². The number of methoxy groups -OCH3 is 1. The average molecular weight is 287 g/mol. The first-order chi connectivity index (χ1) is 10.2. The molecule has 0 aliphatic carbocycles. The molecule has 3 rings (SSSR count). The molecule has 0 amide bonds. The van der Waals surface area contributed by atoms with Crippen LogP contribution in [-0.2, 0) is 10.2 Å². The smallest absolute Gasteiger partial charge is 0.232 e. The molecule has 1 atom stereocenters. The molecule has 1 saturated heterocycles. The zero-order chi connectivity index (χ0) is 14.7. The Hall–Kier alpha value is -1.72. The Kier molecular flexibility index (Phi) is 4.03. The second-order valence-corrected chi connectivity index (χ2v) is 5.79. The van der Waals surface area contributed by atoms with E-state index >= 15 is 0 Å². The van der Waals surface area contributed by atoms with Gasteiger partial charge in [0.1, 0.15) is 6.10 Å². The first-order valence-corrected chi connectivity index (χ1v) is 7.35. The molecule has 112 valence electrons. The number of rotatable bonds is 4. The molecule has 0 spiro atoms. The Bertz CT molecular complexity index is 576. The highest BCUT2D eigenvalue weighted by molar-refractivity contribution is 5.23. The topological polar surface area (TPSA) is 60.2 Å². The van der Waals surface area contributed by atoms with E-state index in [1.54, 1.807) is 7.11 Å². The Balaban J connectivity index is 1.86. The molecule has 5 heteroatoms. The van der Waals surface area contributed by atoms with Crippen molar-refractivity contribution in [2.45, 2.75) is 31.3 Å². The molecule has 0 bridgehead atoms. The van der Waals surface area contributed by atoms with Crippen molar-refractivity contribution in [2.75, 3.05) is 20.2 Å². The largest absolute Gasteiger partial charge is 0.369 e. The van der Waals surface area contributed by atoms with Crippen LogP contribution in [0.2, 0.25) is 0 Å². The summed E-state index contributed by atoms with van der Waals surface area (Å²) in [4.78, 5) is 4.62.